The van der Waals surface area contributed by atoms with Gasteiger partial charge in [0, 0.05) is 35.8 Å². The van der Waals surface area contributed by atoms with Crippen molar-refractivity contribution in [2.75, 3.05) is 18.0 Å². The van der Waals surface area contributed by atoms with E-state index < -0.39 is 0 Å². The second kappa shape index (κ2) is 8.92. The molecule has 2 heterocycles. The molecule has 1 aliphatic heterocycles. The molecule has 0 spiro atoms. The first-order valence-corrected chi connectivity index (χ1v) is 10.6. The average Bonchev–Trinajstić information content (AvgIpc) is 3.28. The minimum absolute atomic E-state index is 0.00926. The van der Waals surface area contributed by atoms with E-state index >= 15 is 0 Å². The molecule has 3 amide bonds. The molecule has 4 rings (SSSR count). The molecule has 3 aromatic rings. The maximum Gasteiger partial charge on any atom is 0.324 e. The Balaban J connectivity index is 1.39. The molecule has 0 aliphatic carbocycles. The zero-order valence-electron chi connectivity index (χ0n) is 16.1. The van der Waals surface area contributed by atoms with Gasteiger partial charge >= 0.3 is 6.03 Å². The summed E-state index contributed by atoms with van der Waals surface area (Å²) in [6.07, 6.45) is 0.918. The van der Waals surface area contributed by atoms with Gasteiger partial charge in [0.15, 0.2) is 0 Å². The Morgan fingerprint density at radius 1 is 0.966 bits per heavy atom. The summed E-state index contributed by atoms with van der Waals surface area (Å²) >= 11 is 1.62. The van der Waals surface area contributed by atoms with E-state index in [-0.39, 0.29) is 11.9 Å². The fourth-order valence-corrected chi connectivity index (χ4v) is 4.09. The van der Waals surface area contributed by atoms with Crippen LogP contribution in [0.4, 0.5) is 10.5 Å². The number of thiophene rings is 1. The normalized spacial score (nSPS) is 14.1. The molecule has 6 heteroatoms. The van der Waals surface area contributed by atoms with Crippen LogP contribution in [0.2, 0.25) is 0 Å². The summed E-state index contributed by atoms with van der Waals surface area (Å²) in [7, 11) is 0. The topological polar surface area (TPSA) is 52.7 Å². The molecule has 5 nitrogen and oxygen atoms in total. The summed E-state index contributed by atoms with van der Waals surface area (Å²) in [4.78, 5) is 30.1. The molecule has 0 saturated carbocycles. The molecule has 1 saturated heterocycles. The molecular weight excluding hydrogens is 382 g/mol. The SMILES string of the molecule is O=C(NCc1cccs1)c1ccc(N2CCCN(Cc3ccccc3)C2=O)cc1. The Bertz CT molecular complexity index is 956. The van der Waals surface area contributed by atoms with Crippen LogP contribution in [0, 0.1) is 0 Å². The Morgan fingerprint density at radius 3 is 2.48 bits per heavy atom. The molecule has 29 heavy (non-hydrogen) atoms. The Hall–Kier alpha value is -3.12. The minimum atomic E-state index is -0.111. The Labute approximate surface area is 174 Å². The lowest BCUT2D eigenvalue weighted by molar-refractivity contribution is 0.0951. The van der Waals surface area contributed by atoms with Crippen LogP contribution in [0.25, 0.3) is 0 Å². The molecule has 0 unspecified atom stereocenters. The number of amides is 3. The van der Waals surface area contributed by atoms with Gasteiger partial charge in [0.2, 0.25) is 0 Å². The van der Waals surface area contributed by atoms with Crippen molar-refractivity contribution in [3.63, 3.8) is 0 Å². The molecular formula is C23H23N3O2S. The van der Waals surface area contributed by atoms with Gasteiger partial charge in [-0.15, -0.1) is 11.3 Å². The molecule has 148 valence electrons. The molecule has 0 bridgehead atoms. The number of hydrogen-bond acceptors (Lipinski definition) is 3. The van der Waals surface area contributed by atoms with Crippen molar-refractivity contribution in [2.45, 2.75) is 19.5 Å². The van der Waals surface area contributed by atoms with Crippen LogP contribution >= 0.6 is 11.3 Å². The second-order valence-corrected chi connectivity index (χ2v) is 8.04. The van der Waals surface area contributed by atoms with Gasteiger partial charge in [-0.05, 0) is 47.7 Å². The zero-order valence-corrected chi connectivity index (χ0v) is 16.9. The predicted molar refractivity (Wildman–Crippen MR) is 116 cm³/mol. The van der Waals surface area contributed by atoms with Crippen molar-refractivity contribution in [3.05, 3.63) is 88.1 Å². The van der Waals surface area contributed by atoms with Crippen molar-refractivity contribution in [1.82, 2.24) is 10.2 Å². The predicted octanol–water partition coefficient (Wildman–Crippen LogP) is 4.51. The van der Waals surface area contributed by atoms with Gasteiger partial charge in [-0.2, -0.15) is 0 Å². The molecule has 1 aromatic heterocycles. The third-order valence-electron chi connectivity index (χ3n) is 4.97. The molecule has 1 fully saturated rings. The largest absolute Gasteiger partial charge is 0.347 e. The van der Waals surface area contributed by atoms with Crippen molar-refractivity contribution in [3.8, 4) is 0 Å². The quantitative estimate of drug-likeness (QED) is 0.656. The lowest BCUT2D eigenvalue weighted by Gasteiger charge is -2.35. The van der Waals surface area contributed by atoms with E-state index in [1.807, 2.05) is 64.9 Å². The maximum absolute atomic E-state index is 13.0. The van der Waals surface area contributed by atoms with Crippen LogP contribution < -0.4 is 10.2 Å². The van der Waals surface area contributed by atoms with E-state index in [9.17, 15) is 9.59 Å². The highest BCUT2D eigenvalue weighted by atomic mass is 32.1. The molecule has 0 atom stereocenters. The summed E-state index contributed by atoms with van der Waals surface area (Å²) in [5.41, 5.74) is 2.54. The summed E-state index contributed by atoms with van der Waals surface area (Å²) in [6, 6.07) is 21.3. The van der Waals surface area contributed by atoms with E-state index in [1.54, 1.807) is 28.4 Å². The van der Waals surface area contributed by atoms with Crippen molar-refractivity contribution in [2.24, 2.45) is 0 Å². The highest BCUT2D eigenvalue weighted by Gasteiger charge is 2.26. The van der Waals surface area contributed by atoms with Gasteiger partial charge in [-0.25, -0.2) is 4.79 Å². The lowest BCUT2D eigenvalue weighted by Crippen LogP contribution is -2.49. The summed E-state index contributed by atoms with van der Waals surface area (Å²) < 4.78 is 0. The summed E-state index contributed by atoms with van der Waals surface area (Å²) in [5, 5.41) is 4.92. The van der Waals surface area contributed by atoms with Crippen molar-refractivity contribution >= 4 is 29.0 Å². The highest BCUT2D eigenvalue weighted by Crippen LogP contribution is 2.22. The van der Waals surface area contributed by atoms with Crippen LogP contribution in [0.1, 0.15) is 27.2 Å². The first kappa shape index (κ1) is 19.2. The van der Waals surface area contributed by atoms with Crippen LogP contribution in [-0.2, 0) is 13.1 Å². The van der Waals surface area contributed by atoms with Crippen LogP contribution in [-0.4, -0.2) is 29.9 Å². The minimum Gasteiger partial charge on any atom is -0.347 e. The van der Waals surface area contributed by atoms with Crippen molar-refractivity contribution < 1.29 is 9.59 Å². The highest BCUT2D eigenvalue weighted by molar-refractivity contribution is 7.09. The lowest BCUT2D eigenvalue weighted by atomic mass is 10.1. The number of rotatable bonds is 6. The summed E-state index contributed by atoms with van der Waals surface area (Å²) in [6.45, 7) is 2.58. The Kier molecular flexibility index (Phi) is 5.91. The Morgan fingerprint density at radius 2 is 1.76 bits per heavy atom. The number of carbonyl (C=O) groups excluding carboxylic acids is 2. The van der Waals surface area contributed by atoms with Gasteiger partial charge in [0.05, 0.1) is 6.54 Å². The van der Waals surface area contributed by atoms with Crippen LogP contribution in [0.5, 0.6) is 0 Å². The first-order valence-electron chi connectivity index (χ1n) is 9.72. The van der Waals surface area contributed by atoms with Crippen molar-refractivity contribution in [1.29, 1.82) is 0 Å². The number of nitrogens with zero attached hydrogens (tertiary/aromatic N) is 2. The van der Waals surface area contributed by atoms with E-state index in [2.05, 4.69) is 5.32 Å². The van der Waals surface area contributed by atoms with E-state index in [1.165, 1.54) is 0 Å². The van der Waals surface area contributed by atoms with Gasteiger partial charge in [-0.3, -0.25) is 9.69 Å². The third kappa shape index (κ3) is 4.66. The number of carbonyl (C=O) groups is 2. The monoisotopic (exact) mass is 405 g/mol. The van der Waals surface area contributed by atoms with Gasteiger partial charge in [-0.1, -0.05) is 36.4 Å². The van der Waals surface area contributed by atoms with Crippen LogP contribution in [0.3, 0.4) is 0 Å². The number of hydrogen-bond donors (Lipinski definition) is 1. The first-order chi connectivity index (χ1) is 14.2. The smallest absolute Gasteiger partial charge is 0.324 e. The zero-order chi connectivity index (χ0) is 20.1. The van der Waals surface area contributed by atoms with Gasteiger partial charge in [0.25, 0.3) is 5.91 Å². The summed E-state index contributed by atoms with van der Waals surface area (Å²) in [5.74, 6) is -0.111. The number of benzene rings is 2. The fraction of sp³-hybridized carbons (Fsp3) is 0.217. The van der Waals surface area contributed by atoms with Gasteiger partial charge in [0.1, 0.15) is 0 Å². The number of urea groups is 1. The van der Waals surface area contributed by atoms with E-state index in [0.29, 0.717) is 25.2 Å². The average molecular weight is 406 g/mol. The molecule has 0 radical (unpaired) electrons. The van der Waals surface area contributed by atoms with Gasteiger partial charge < -0.3 is 10.2 Å². The molecule has 1 aliphatic rings. The standard InChI is InChI=1S/C23H23N3O2S/c27-22(24-16-21-8-4-15-29-21)19-9-11-20(12-10-19)26-14-5-13-25(23(26)28)17-18-6-2-1-3-7-18/h1-4,6-12,15H,5,13-14,16-17H2,(H,24,27). The van der Waals surface area contributed by atoms with E-state index in [0.717, 1.165) is 29.1 Å². The fourth-order valence-electron chi connectivity index (χ4n) is 3.45. The van der Waals surface area contributed by atoms with E-state index in [4.69, 9.17) is 0 Å². The maximum atomic E-state index is 13.0. The number of nitrogens with one attached hydrogen (secondary N) is 1. The van der Waals surface area contributed by atoms with Crippen LogP contribution in [0.15, 0.2) is 72.1 Å². The number of anilines is 1. The third-order valence-corrected chi connectivity index (χ3v) is 5.85. The molecule has 2 aromatic carbocycles. The second-order valence-electron chi connectivity index (χ2n) is 7.00. The molecule has 1 N–H and O–H groups in total.